The minimum absolute atomic E-state index is 0.315. The van der Waals surface area contributed by atoms with Crippen LogP contribution in [0.2, 0.25) is 0 Å². The third-order valence-corrected chi connectivity index (χ3v) is 3.89. The first kappa shape index (κ1) is 19.2. The lowest BCUT2D eigenvalue weighted by Gasteiger charge is -2.13. The highest BCUT2D eigenvalue weighted by molar-refractivity contribution is 5.96. The lowest BCUT2D eigenvalue weighted by Crippen LogP contribution is -2.09. The Morgan fingerprint density at radius 2 is 1.79 bits per heavy atom. The number of rotatable bonds is 7. The first-order valence-corrected chi connectivity index (χ1v) is 8.89. The number of nitrogens with one attached hydrogen (secondary N) is 2. The molecule has 0 saturated heterocycles. The van der Waals surface area contributed by atoms with Crippen LogP contribution in [-0.4, -0.2) is 29.7 Å². The van der Waals surface area contributed by atoms with Crippen molar-refractivity contribution in [2.75, 3.05) is 24.4 Å². The van der Waals surface area contributed by atoms with Crippen LogP contribution < -0.4 is 15.4 Å². The van der Waals surface area contributed by atoms with Crippen LogP contribution in [0.1, 0.15) is 23.0 Å². The second-order valence-corrected chi connectivity index (χ2v) is 5.96. The summed E-state index contributed by atoms with van der Waals surface area (Å²) in [6.45, 7) is 3.97. The maximum atomic E-state index is 12.2. The smallest absolute Gasteiger partial charge is 0.340 e. The number of esters is 1. The molecular formula is C21H22N4O3. The van der Waals surface area contributed by atoms with Crippen molar-refractivity contribution < 1.29 is 14.3 Å². The number of anilines is 4. The number of benzene rings is 2. The van der Waals surface area contributed by atoms with Crippen molar-refractivity contribution in [2.45, 2.75) is 13.8 Å². The number of hydrogen-bond acceptors (Lipinski definition) is 7. The summed E-state index contributed by atoms with van der Waals surface area (Å²) in [4.78, 5) is 21.1. The number of aryl methyl sites for hydroxylation is 1. The molecule has 1 heterocycles. The third kappa shape index (κ3) is 4.76. The molecule has 3 aromatic rings. The normalized spacial score (nSPS) is 10.2. The van der Waals surface area contributed by atoms with E-state index in [1.54, 1.807) is 38.3 Å². The van der Waals surface area contributed by atoms with Gasteiger partial charge in [0.2, 0.25) is 5.95 Å². The zero-order valence-corrected chi connectivity index (χ0v) is 16.0. The molecule has 28 heavy (non-hydrogen) atoms. The number of nitrogens with zero attached hydrogens (tertiary/aromatic N) is 2. The van der Waals surface area contributed by atoms with Gasteiger partial charge in [0.05, 0.1) is 25.0 Å². The van der Waals surface area contributed by atoms with Crippen molar-refractivity contribution >= 4 is 29.1 Å². The second-order valence-electron chi connectivity index (χ2n) is 5.96. The highest BCUT2D eigenvalue weighted by atomic mass is 16.5. The fraction of sp³-hybridized carbons (Fsp3) is 0.190. The number of ether oxygens (including phenoxy) is 2. The van der Waals surface area contributed by atoms with E-state index in [1.165, 1.54) is 0 Å². The summed E-state index contributed by atoms with van der Waals surface area (Å²) >= 11 is 0. The highest BCUT2D eigenvalue weighted by Crippen LogP contribution is 2.23. The average Bonchev–Trinajstić information content (AvgIpc) is 2.69. The maximum Gasteiger partial charge on any atom is 0.340 e. The van der Waals surface area contributed by atoms with Gasteiger partial charge in [-0.3, -0.25) is 0 Å². The number of carbonyl (C=O) groups excluding carboxylic acids is 1. The molecule has 7 nitrogen and oxygen atoms in total. The minimum atomic E-state index is -0.382. The van der Waals surface area contributed by atoms with Crippen LogP contribution in [0.3, 0.4) is 0 Å². The van der Waals surface area contributed by atoms with Crippen LogP contribution in [0.15, 0.2) is 54.6 Å². The Bertz CT molecular complexity index is 958. The van der Waals surface area contributed by atoms with Crippen molar-refractivity contribution in [3.8, 4) is 5.75 Å². The van der Waals surface area contributed by atoms with Crippen LogP contribution in [0.5, 0.6) is 5.75 Å². The van der Waals surface area contributed by atoms with Gasteiger partial charge in [0.1, 0.15) is 11.6 Å². The quantitative estimate of drug-likeness (QED) is 0.587. The van der Waals surface area contributed by atoms with Gasteiger partial charge in [-0.1, -0.05) is 12.1 Å². The zero-order valence-electron chi connectivity index (χ0n) is 16.0. The molecule has 0 saturated carbocycles. The van der Waals surface area contributed by atoms with Crippen molar-refractivity contribution in [1.29, 1.82) is 0 Å². The minimum Gasteiger partial charge on any atom is -0.497 e. The standard InChI is InChI=1S/C21H22N4O3/c1-4-28-20(26)17-7-5-6-8-18(17)24-19-13-14(2)22-21(25-19)23-15-9-11-16(27-3)12-10-15/h5-13H,4H2,1-3H3,(H2,22,23,24,25). The summed E-state index contributed by atoms with van der Waals surface area (Å²) in [5.74, 6) is 1.41. The molecule has 0 radical (unpaired) electrons. The van der Waals surface area contributed by atoms with Gasteiger partial charge in [0, 0.05) is 17.4 Å². The molecule has 1 aromatic heterocycles. The van der Waals surface area contributed by atoms with E-state index in [9.17, 15) is 4.79 Å². The van der Waals surface area contributed by atoms with E-state index < -0.39 is 0 Å². The van der Waals surface area contributed by atoms with Gasteiger partial charge >= 0.3 is 5.97 Å². The third-order valence-electron chi connectivity index (χ3n) is 3.89. The lowest BCUT2D eigenvalue weighted by molar-refractivity contribution is 0.0527. The molecule has 7 heteroatoms. The van der Waals surface area contributed by atoms with Crippen LogP contribution >= 0.6 is 0 Å². The van der Waals surface area contributed by atoms with Crippen molar-refractivity contribution in [2.24, 2.45) is 0 Å². The van der Waals surface area contributed by atoms with E-state index in [1.807, 2.05) is 37.3 Å². The Labute approximate surface area is 163 Å². The molecule has 2 N–H and O–H groups in total. The molecule has 144 valence electrons. The summed E-state index contributed by atoms with van der Waals surface area (Å²) < 4.78 is 10.3. The summed E-state index contributed by atoms with van der Waals surface area (Å²) in [7, 11) is 1.62. The van der Waals surface area contributed by atoms with E-state index in [0.29, 0.717) is 29.6 Å². The number of para-hydroxylation sites is 1. The molecule has 0 amide bonds. The van der Waals surface area contributed by atoms with E-state index in [2.05, 4.69) is 20.6 Å². The first-order chi connectivity index (χ1) is 13.6. The van der Waals surface area contributed by atoms with Gasteiger partial charge in [-0.2, -0.15) is 4.98 Å². The largest absolute Gasteiger partial charge is 0.497 e. The van der Waals surface area contributed by atoms with Gasteiger partial charge in [-0.05, 0) is 50.2 Å². The molecule has 0 aliphatic rings. The van der Waals surface area contributed by atoms with E-state index >= 15 is 0 Å². The van der Waals surface area contributed by atoms with Gasteiger partial charge in [-0.15, -0.1) is 0 Å². The molecule has 0 bridgehead atoms. The number of hydrogen-bond donors (Lipinski definition) is 2. The number of aromatic nitrogens is 2. The Hall–Kier alpha value is -3.61. The molecule has 2 aromatic carbocycles. The van der Waals surface area contributed by atoms with E-state index in [-0.39, 0.29) is 5.97 Å². The monoisotopic (exact) mass is 378 g/mol. The number of carbonyl (C=O) groups is 1. The molecule has 0 fully saturated rings. The molecule has 3 rings (SSSR count). The maximum absolute atomic E-state index is 12.2. The van der Waals surface area contributed by atoms with Gasteiger partial charge in [0.15, 0.2) is 0 Å². The van der Waals surface area contributed by atoms with E-state index in [0.717, 1.165) is 17.1 Å². The van der Waals surface area contributed by atoms with E-state index in [4.69, 9.17) is 9.47 Å². The highest BCUT2D eigenvalue weighted by Gasteiger charge is 2.13. The fourth-order valence-electron chi connectivity index (χ4n) is 2.61. The van der Waals surface area contributed by atoms with Crippen LogP contribution in [0, 0.1) is 6.92 Å². The summed E-state index contributed by atoms with van der Waals surface area (Å²) in [5.41, 5.74) is 2.69. The summed E-state index contributed by atoms with van der Waals surface area (Å²) in [6.07, 6.45) is 0. The predicted molar refractivity (Wildman–Crippen MR) is 109 cm³/mol. The van der Waals surface area contributed by atoms with Gasteiger partial charge in [-0.25, -0.2) is 9.78 Å². The Morgan fingerprint density at radius 1 is 1.04 bits per heavy atom. The SMILES string of the molecule is CCOC(=O)c1ccccc1Nc1cc(C)nc(Nc2ccc(OC)cc2)n1. The number of methoxy groups -OCH3 is 1. The van der Waals surface area contributed by atoms with Crippen molar-refractivity contribution in [1.82, 2.24) is 9.97 Å². The second kappa shape index (κ2) is 8.85. The molecule has 0 aliphatic heterocycles. The van der Waals surface area contributed by atoms with Crippen LogP contribution in [0.4, 0.5) is 23.1 Å². The lowest BCUT2D eigenvalue weighted by atomic mass is 10.2. The summed E-state index contributed by atoms with van der Waals surface area (Å²) in [5, 5.41) is 6.36. The Morgan fingerprint density at radius 3 is 2.50 bits per heavy atom. The van der Waals surface area contributed by atoms with Crippen LogP contribution in [-0.2, 0) is 4.74 Å². The topological polar surface area (TPSA) is 85.4 Å². The fourth-order valence-corrected chi connectivity index (χ4v) is 2.61. The van der Waals surface area contributed by atoms with Crippen molar-refractivity contribution in [3.05, 3.63) is 65.9 Å². The molecular weight excluding hydrogens is 356 g/mol. The van der Waals surface area contributed by atoms with Crippen LogP contribution in [0.25, 0.3) is 0 Å². The van der Waals surface area contributed by atoms with Crippen molar-refractivity contribution in [3.63, 3.8) is 0 Å². The summed E-state index contributed by atoms with van der Waals surface area (Å²) in [6, 6.07) is 16.4. The molecule has 0 spiro atoms. The Kier molecular flexibility index (Phi) is 6.06. The average molecular weight is 378 g/mol. The van der Waals surface area contributed by atoms with Gasteiger partial charge in [0.25, 0.3) is 0 Å². The zero-order chi connectivity index (χ0) is 19.9. The first-order valence-electron chi connectivity index (χ1n) is 8.89. The molecule has 0 atom stereocenters. The molecule has 0 aliphatic carbocycles. The van der Waals surface area contributed by atoms with Gasteiger partial charge < -0.3 is 20.1 Å². The predicted octanol–water partition coefficient (Wildman–Crippen LogP) is 4.46. The Balaban J connectivity index is 1.83. The molecule has 0 unspecified atom stereocenters.